The van der Waals surface area contributed by atoms with E-state index in [1.807, 2.05) is 0 Å². The lowest BCUT2D eigenvalue weighted by atomic mass is 10.2. The van der Waals surface area contributed by atoms with Crippen LogP contribution in [-0.2, 0) is 21.3 Å². The maximum absolute atomic E-state index is 13.3. The molecule has 0 unspecified atom stereocenters. The minimum atomic E-state index is -3.96. The molecule has 1 saturated heterocycles. The molecule has 3 rings (SSSR count). The summed E-state index contributed by atoms with van der Waals surface area (Å²) in [4.78, 5) is 12.0. The molecule has 0 amide bonds. The van der Waals surface area contributed by atoms with Crippen LogP contribution in [0, 0.1) is 11.6 Å². The second-order valence-corrected chi connectivity index (χ2v) is 7.78. The van der Waals surface area contributed by atoms with Gasteiger partial charge >= 0.3 is 5.97 Å². The van der Waals surface area contributed by atoms with Gasteiger partial charge in [0.05, 0.1) is 13.7 Å². The number of halogens is 2. The van der Waals surface area contributed by atoms with Crippen LogP contribution in [0.5, 0.6) is 0 Å². The maximum atomic E-state index is 13.3. The first-order valence-electron chi connectivity index (χ1n) is 7.92. The summed E-state index contributed by atoms with van der Waals surface area (Å²) in [6, 6.07) is 2.95. The van der Waals surface area contributed by atoms with Gasteiger partial charge in [0.15, 0.2) is 0 Å². The molecule has 7 nitrogen and oxygen atoms in total. The van der Waals surface area contributed by atoms with E-state index < -0.39 is 32.7 Å². The fourth-order valence-corrected chi connectivity index (χ4v) is 4.47. The Hall–Kier alpha value is -2.33. The van der Waals surface area contributed by atoms with Gasteiger partial charge in [0.1, 0.15) is 17.2 Å². The summed E-state index contributed by atoms with van der Waals surface area (Å²) >= 11 is 0. The molecule has 0 atom stereocenters. The van der Waals surface area contributed by atoms with Crippen molar-refractivity contribution in [2.75, 3.05) is 20.2 Å². The number of aromatic nitrogens is 2. The van der Waals surface area contributed by atoms with Crippen molar-refractivity contribution < 1.29 is 26.7 Å². The van der Waals surface area contributed by atoms with Crippen molar-refractivity contribution >= 4 is 16.0 Å². The summed E-state index contributed by atoms with van der Waals surface area (Å²) < 4.78 is 59.3. The standard InChI is InChI=1S/C16H17F2N3O4S/c1-25-16(22)14-10-20(9-11-6-12(17)8-13(18)7-11)19-15(14)26(23,24)21-4-2-3-5-21/h6-8,10H,2-5,9H2,1H3. The predicted octanol–water partition coefficient (Wildman–Crippen LogP) is 1.78. The first-order chi connectivity index (χ1) is 12.3. The molecule has 1 aromatic heterocycles. The van der Waals surface area contributed by atoms with Gasteiger partial charge in [-0.25, -0.2) is 22.0 Å². The molecule has 1 fully saturated rings. The molecule has 1 aliphatic rings. The van der Waals surface area contributed by atoms with Gasteiger partial charge < -0.3 is 4.74 Å². The summed E-state index contributed by atoms with van der Waals surface area (Å²) in [5.41, 5.74) is 0.0304. The molecule has 0 N–H and O–H groups in total. The minimum Gasteiger partial charge on any atom is -0.465 e. The van der Waals surface area contributed by atoms with E-state index in [2.05, 4.69) is 9.84 Å². The van der Waals surface area contributed by atoms with Crippen molar-refractivity contribution in [1.82, 2.24) is 14.1 Å². The van der Waals surface area contributed by atoms with E-state index in [-0.39, 0.29) is 17.7 Å². The Balaban J connectivity index is 2.00. The monoisotopic (exact) mass is 385 g/mol. The molecule has 1 aromatic carbocycles. The number of carbonyl (C=O) groups excluding carboxylic acids is 1. The van der Waals surface area contributed by atoms with E-state index in [1.54, 1.807) is 0 Å². The number of sulfonamides is 1. The Morgan fingerprint density at radius 3 is 2.38 bits per heavy atom. The lowest BCUT2D eigenvalue weighted by Gasteiger charge is -2.14. The van der Waals surface area contributed by atoms with Crippen molar-refractivity contribution in [1.29, 1.82) is 0 Å². The summed E-state index contributed by atoms with van der Waals surface area (Å²) in [6.07, 6.45) is 2.67. The van der Waals surface area contributed by atoms with Crippen LogP contribution in [0.25, 0.3) is 0 Å². The quantitative estimate of drug-likeness (QED) is 0.733. The number of hydrogen-bond acceptors (Lipinski definition) is 5. The van der Waals surface area contributed by atoms with Crippen molar-refractivity contribution in [3.05, 3.63) is 47.2 Å². The first kappa shape index (κ1) is 18.5. The molecule has 2 aromatic rings. The fourth-order valence-electron chi connectivity index (χ4n) is 2.87. The highest BCUT2D eigenvalue weighted by Crippen LogP contribution is 2.23. The molecule has 2 heterocycles. The Morgan fingerprint density at radius 1 is 1.19 bits per heavy atom. The Labute approximate surface area is 149 Å². The summed E-state index contributed by atoms with van der Waals surface area (Å²) in [5.74, 6) is -2.37. The maximum Gasteiger partial charge on any atom is 0.342 e. The summed E-state index contributed by atoms with van der Waals surface area (Å²) in [5, 5.41) is 3.58. The number of esters is 1. The van der Waals surface area contributed by atoms with Gasteiger partial charge in [-0.1, -0.05) is 0 Å². The lowest BCUT2D eigenvalue weighted by molar-refractivity contribution is 0.0596. The van der Waals surface area contributed by atoms with Crippen molar-refractivity contribution in [3.63, 3.8) is 0 Å². The molecule has 140 valence electrons. The van der Waals surface area contributed by atoms with Crippen molar-refractivity contribution in [2.45, 2.75) is 24.4 Å². The fraction of sp³-hybridized carbons (Fsp3) is 0.375. The molecular formula is C16H17F2N3O4S. The molecule has 1 aliphatic heterocycles. The van der Waals surface area contributed by atoms with Crippen LogP contribution in [0.15, 0.2) is 29.4 Å². The third-order valence-electron chi connectivity index (χ3n) is 4.05. The summed E-state index contributed by atoms with van der Waals surface area (Å²) in [6.45, 7) is 0.601. The first-order valence-corrected chi connectivity index (χ1v) is 9.36. The van der Waals surface area contributed by atoms with Crippen molar-refractivity contribution in [3.8, 4) is 0 Å². The van der Waals surface area contributed by atoms with Crippen LogP contribution in [0.1, 0.15) is 28.8 Å². The largest absolute Gasteiger partial charge is 0.465 e. The number of benzene rings is 1. The van der Waals surface area contributed by atoms with E-state index in [4.69, 9.17) is 0 Å². The second kappa shape index (κ2) is 7.12. The number of rotatable bonds is 5. The molecule has 0 radical (unpaired) electrons. The minimum absolute atomic E-state index is 0.103. The normalized spacial score (nSPS) is 15.3. The van der Waals surface area contributed by atoms with Gasteiger partial charge in [0, 0.05) is 25.4 Å². The van der Waals surface area contributed by atoms with E-state index >= 15 is 0 Å². The van der Waals surface area contributed by atoms with Crippen molar-refractivity contribution in [2.24, 2.45) is 0 Å². The van der Waals surface area contributed by atoms with Crippen LogP contribution in [0.2, 0.25) is 0 Å². The highest BCUT2D eigenvalue weighted by molar-refractivity contribution is 7.89. The van der Waals surface area contributed by atoms with E-state index in [0.29, 0.717) is 13.1 Å². The van der Waals surface area contributed by atoms with E-state index in [9.17, 15) is 22.0 Å². The van der Waals surface area contributed by atoms with Gasteiger partial charge in [0.25, 0.3) is 10.0 Å². The predicted molar refractivity (Wildman–Crippen MR) is 87.0 cm³/mol. The van der Waals surface area contributed by atoms with Crippen LogP contribution < -0.4 is 0 Å². The van der Waals surface area contributed by atoms with E-state index in [0.717, 1.165) is 42.8 Å². The average molecular weight is 385 g/mol. The number of methoxy groups -OCH3 is 1. The number of nitrogens with zero attached hydrogens (tertiary/aromatic N) is 3. The zero-order valence-corrected chi connectivity index (χ0v) is 14.8. The topological polar surface area (TPSA) is 81.5 Å². The van der Waals surface area contributed by atoms with Gasteiger partial charge in [-0.2, -0.15) is 9.40 Å². The van der Waals surface area contributed by atoms with Crippen LogP contribution in [0.3, 0.4) is 0 Å². The second-order valence-electron chi connectivity index (χ2n) is 5.93. The number of carbonyl (C=O) groups is 1. The van der Waals surface area contributed by atoms with Gasteiger partial charge in [0.2, 0.25) is 5.03 Å². The molecule has 26 heavy (non-hydrogen) atoms. The number of ether oxygens (including phenoxy) is 1. The third-order valence-corrected chi connectivity index (χ3v) is 5.88. The Kier molecular flexibility index (Phi) is 5.05. The van der Waals surface area contributed by atoms with Gasteiger partial charge in [-0.3, -0.25) is 4.68 Å². The average Bonchev–Trinajstić information content (AvgIpc) is 3.23. The Bertz CT molecular complexity index is 917. The smallest absolute Gasteiger partial charge is 0.342 e. The zero-order chi connectivity index (χ0) is 18.9. The highest BCUT2D eigenvalue weighted by Gasteiger charge is 2.34. The lowest BCUT2D eigenvalue weighted by Crippen LogP contribution is -2.29. The molecule has 0 aliphatic carbocycles. The molecule has 0 bridgehead atoms. The molecular weight excluding hydrogens is 368 g/mol. The van der Waals surface area contributed by atoms with Gasteiger partial charge in [-0.05, 0) is 30.5 Å². The molecule has 10 heteroatoms. The summed E-state index contributed by atoms with van der Waals surface area (Å²) in [7, 11) is -2.83. The molecule has 0 spiro atoms. The Morgan fingerprint density at radius 2 is 1.81 bits per heavy atom. The van der Waals surface area contributed by atoms with E-state index in [1.165, 1.54) is 10.5 Å². The zero-order valence-electron chi connectivity index (χ0n) is 14.0. The molecule has 0 saturated carbocycles. The van der Waals surface area contributed by atoms with Crippen LogP contribution >= 0.6 is 0 Å². The van der Waals surface area contributed by atoms with Crippen LogP contribution in [-0.4, -0.2) is 48.7 Å². The SMILES string of the molecule is COC(=O)c1cn(Cc2cc(F)cc(F)c2)nc1S(=O)(=O)N1CCCC1. The van der Waals surface area contributed by atoms with Crippen LogP contribution in [0.4, 0.5) is 8.78 Å². The third kappa shape index (κ3) is 3.61. The highest BCUT2D eigenvalue weighted by atomic mass is 32.2. The van der Waals surface area contributed by atoms with Gasteiger partial charge in [-0.15, -0.1) is 0 Å². The number of hydrogen-bond donors (Lipinski definition) is 0.